The van der Waals surface area contributed by atoms with E-state index in [1.165, 1.54) is 12.1 Å². The quantitative estimate of drug-likeness (QED) is 0.686. The maximum Gasteiger partial charge on any atom is 0.229 e. The number of allylic oxidation sites excluding steroid dienone is 1. The van der Waals surface area contributed by atoms with Gasteiger partial charge in [0.15, 0.2) is 0 Å². The lowest BCUT2D eigenvalue weighted by atomic mass is 9.81. The second-order valence-corrected chi connectivity index (χ2v) is 7.60. The lowest BCUT2D eigenvalue weighted by Crippen LogP contribution is -2.34. The first-order valence-electron chi connectivity index (χ1n) is 9.04. The minimum absolute atomic E-state index is 0.0367. The van der Waals surface area contributed by atoms with E-state index in [1.807, 2.05) is 24.3 Å². The Morgan fingerprint density at radius 3 is 2.70 bits per heavy atom. The maximum atomic E-state index is 14.0. The van der Waals surface area contributed by atoms with Gasteiger partial charge in [-0.3, -0.25) is 4.79 Å². The van der Waals surface area contributed by atoms with Crippen LogP contribution < -0.4 is 5.32 Å². The Labute approximate surface area is 163 Å². The largest absolute Gasteiger partial charge is 0.395 e. The van der Waals surface area contributed by atoms with Crippen molar-refractivity contribution in [2.75, 3.05) is 6.61 Å². The van der Waals surface area contributed by atoms with Crippen LogP contribution in [0.5, 0.6) is 0 Å². The first-order valence-corrected chi connectivity index (χ1v) is 9.42. The molecule has 1 fully saturated rings. The highest BCUT2D eigenvalue weighted by molar-refractivity contribution is 6.30. The molecule has 0 aliphatic carbocycles. The van der Waals surface area contributed by atoms with Gasteiger partial charge in [0.1, 0.15) is 5.82 Å². The minimum Gasteiger partial charge on any atom is -0.395 e. The lowest BCUT2D eigenvalue weighted by Gasteiger charge is -2.21. The molecule has 0 bridgehead atoms. The van der Waals surface area contributed by atoms with E-state index in [0.717, 1.165) is 24.0 Å². The molecule has 5 heteroatoms. The lowest BCUT2D eigenvalue weighted by molar-refractivity contribution is -0.129. The van der Waals surface area contributed by atoms with Crippen LogP contribution in [-0.2, 0) is 11.2 Å². The van der Waals surface area contributed by atoms with Crippen molar-refractivity contribution in [3.05, 3.63) is 71.5 Å². The number of aryl methyl sites for hydroxylation is 1. The molecule has 2 aromatic rings. The summed E-state index contributed by atoms with van der Waals surface area (Å²) in [6.07, 6.45) is 4.35. The Balaban J connectivity index is 1.64. The number of benzene rings is 2. The van der Waals surface area contributed by atoms with Crippen molar-refractivity contribution >= 4 is 17.5 Å². The van der Waals surface area contributed by atoms with E-state index in [1.54, 1.807) is 12.1 Å². The van der Waals surface area contributed by atoms with Crippen LogP contribution in [0.15, 0.2) is 55.1 Å². The Kier molecular flexibility index (Phi) is 5.98. The smallest absolute Gasteiger partial charge is 0.229 e. The second kappa shape index (κ2) is 8.24. The van der Waals surface area contributed by atoms with Crippen LogP contribution in [0.25, 0.3) is 11.1 Å². The predicted molar refractivity (Wildman–Crippen MR) is 106 cm³/mol. The SMILES string of the molecule is C=CCC1(CO)C[C@@H](CCc2ccc(-c3cc(Cl)ccc3F)cc2)NC1=O. The van der Waals surface area contributed by atoms with Crippen LogP contribution in [0.3, 0.4) is 0 Å². The Hall–Kier alpha value is -2.17. The van der Waals surface area contributed by atoms with Crippen LogP contribution in [-0.4, -0.2) is 23.7 Å². The van der Waals surface area contributed by atoms with Crippen molar-refractivity contribution in [2.45, 2.75) is 31.7 Å². The van der Waals surface area contributed by atoms with Crippen molar-refractivity contribution in [2.24, 2.45) is 5.41 Å². The van der Waals surface area contributed by atoms with Gasteiger partial charge in [-0.1, -0.05) is 41.9 Å². The molecule has 1 aliphatic heterocycles. The number of carbonyl (C=O) groups excluding carboxylic acids is 1. The number of carbonyl (C=O) groups is 1. The molecule has 27 heavy (non-hydrogen) atoms. The maximum absolute atomic E-state index is 14.0. The molecule has 1 unspecified atom stereocenters. The van der Waals surface area contributed by atoms with E-state index in [-0.39, 0.29) is 24.4 Å². The molecule has 0 radical (unpaired) electrons. The van der Waals surface area contributed by atoms with Gasteiger partial charge in [0.2, 0.25) is 5.91 Å². The molecule has 1 heterocycles. The van der Waals surface area contributed by atoms with Gasteiger partial charge >= 0.3 is 0 Å². The van der Waals surface area contributed by atoms with Gasteiger partial charge in [-0.2, -0.15) is 0 Å². The van der Waals surface area contributed by atoms with Crippen LogP contribution in [0.2, 0.25) is 5.02 Å². The molecule has 2 aromatic carbocycles. The van der Waals surface area contributed by atoms with E-state index in [2.05, 4.69) is 11.9 Å². The molecule has 3 nitrogen and oxygen atoms in total. The first kappa shape index (κ1) is 19.6. The fourth-order valence-corrected chi connectivity index (χ4v) is 3.86. The minimum atomic E-state index is -0.736. The Bertz CT molecular complexity index is 837. The second-order valence-electron chi connectivity index (χ2n) is 7.17. The molecule has 1 amide bonds. The predicted octanol–water partition coefficient (Wildman–Crippen LogP) is 4.52. The average Bonchev–Trinajstić information content (AvgIpc) is 2.99. The van der Waals surface area contributed by atoms with E-state index < -0.39 is 5.41 Å². The van der Waals surface area contributed by atoms with Crippen LogP contribution in [0.1, 0.15) is 24.8 Å². The van der Waals surface area contributed by atoms with Crippen molar-refractivity contribution in [3.8, 4) is 11.1 Å². The summed E-state index contributed by atoms with van der Waals surface area (Å²) in [6, 6.07) is 12.3. The van der Waals surface area contributed by atoms with Crippen molar-refractivity contribution in [3.63, 3.8) is 0 Å². The van der Waals surface area contributed by atoms with E-state index in [0.29, 0.717) is 23.4 Å². The van der Waals surface area contributed by atoms with E-state index in [9.17, 15) is 14.3 Å². The number of nitrogens with one attached hydrogen (secondary N) is 1. The summed E-state index contributed by atoms with van der Waals surface area (Å²) >= 11 is 5.96. The molecule has 2 atom stereocenters. The first-order chi connectivity index (χ1) is 13.0. The number of amides is 1. The van der Waals surface area contributed by atoms with E-state index in [4.69, 9.17) is 11.6 Å². The Morgan fingerprint density at radius 1 is 1.30 bits per heavy atom. The van der Waals surface area contributed by atoms with Crippen molar-refractivity contribution in [1.29, 1.82) is 0 Å². The molecule has 0 aromatic heterocycles. The summed E-state index contributed by atoms with van der Waals surface area (Å²) in [4.78, 5) is 12.2. The molecule has 1 saturated heterocycles. The zero-order chi connectivity index (χ0) is 19.4. The summed E-state index contributed by atoms with van der Waals surface area (Å²) in [5.41, 5.74) is 1.63. The summed E-state index contributed by atoms with van der Waals surface area (Å²) in [6.45, 7) is 3.52. The molecule has 1 aliphatic rings. The normalized spacial score (nSPS) is 21.9. The van der Waals surface area contributed by atoms with Gasteiger partial charge in [0, 0.05) is 16.6 Å². The fraction of sp³-hybridized carbons (Fsp3) is 0.318. The van der Waals surface area contributed by atoms with Gasteiger partial charge in [0.05, 0.1) is 12.0 Å². The molecule has 2 N–H and O–H groups in total. The third kappa shape index (κ3) is 4.23. The summed E-state index contributed by atoms with van der Waals surface area (Å²) in [5.74, 6) is -0.398. The highest BCUT2D eigenvalue weighted by atomic mass is 35.5. The molecule has 0 saturated carbocycles. The van der Waals surface area contributed by atoms with Gasteiger partial charge in [-0.15, -0.1) is 6.58 Å². The van der Waals surface area contributed by atoms with Crippen LogP contribution >= 0.6 is 11.6 Å². The van der Waals surface area contributed by atoms with Gasteiger partial charge < -0.3 is 10.4 Å². The standard InChI is InChI=1S/C22H23ClFNO2/c1-2-11-22(14-26)13-18(25-21(22)27)9-5-15-3-6-16(7-4-15)19-12-17(23)8-10-20(19)24/h2-4,6-8,10,12,18,26H,1,5,9,11,13-14H2,(H,25,27)/t18-,22?/m1/s1. The number of hydrogen-bond donors (Lipinski definition) is 2. The highest BCUT2D eigenvalue weighted by Crippen LogP contribution is 2.35. The number of halogens is 2. The van der Waals surface area contributed by atoms with Crippen molar-refractivity contribution < 1.29 is 14.3 Å². The third-order valence-corrected chi connectivity index (χ3v) is 5.50. The molecule has 142 valence electrons. The number of aliphatic hydroxyl groups is 1. The van der Waals surface area contributed by atoms with Gasteiger partial charge in [0.25, 0.3) is 0 Å². The zero-order valence-corrected chi connectivity index (χ0v) is 15.8. The highest BCUT2D eigenvalue weighted by Gasteiger charge is 2.45. The average molecular weight is 388 g/mol. The van der Waals surface area contributed by atoms with E-state index >= 15 is 0 Å². The number of rotatable bonds is 7. The summed E-state index contributed by atoms with van der Waals surface area (Å²) in [5, 5.41) is 13.1. The monoisotopic (exact) mass is 387 g/mol. The number of aliphatic hydroxyl groups excluding tert-OH is 1. The van der Waals surface area contributed by atoms with Gasteiger partial charge in [-0.25, -0.2) is 4.39 Å². The fourth-order valence-electron chi connectivity index (χ4n) is 3.69. The summed E-state index contributed by atoms with van der Waals surface area (Å²) in [7, 11) is 0. The van der Waals surface area contributed by atoms with Crippen molar-refractivity contribution in [1.82, 2.24) is 5.32 Å². The molecule has 0 spiro atoms. The molecular weight excluding hydrogens is 365 g/mol. The zero-order valence-electron chi connectivity index (χ0n) is 15.1. The topological polar surface area (TPSA) is 49.3 Å². The van der Waals surface area contributed by atoms with Gasteiger partial charge in [-0.05, 0) is 55.0 Å². The van der Waals surface area contributed by atoms with Crippen LogP contribution in [0.4, 0.5) is 4.39 Å². The molecule has 3 rings (SSSR count). The van der Waals surface area contributed by atoms with Crippen LogP contribution in [0, 0.1) is 11.2 Å². The third-order valence-electron chi connectivity index (χ3n) is 5.27. The molecular formula is C22H23ClFNO2. The number of hydrogen-bond acceptors (Lipinski definition) is 2. The Morgan fingerprint density at radius 2 is 2.04 bits per heavy atom. The summed E-state index contributed by atoms with van der Waals surface area (Å²) < 4.78 is 14.0.